The van der Waals surface area contributed by atoms with Crippen LogP contribution < -0.4 is 14.2 Å². The molecule has 0 unspecified atom stereocenters. The molecule has 2 aromatic rings. The Labute approximate surface area is 146 Å². The fourth-order valence-corrected chi connectivity index (χ4v) is 3.67. The van der Waals surface area contributed by atoms with Crippen LogP contribution in [0.2, 0.25) is 0 Å². The van der Waals surface area contributed by atoms with Gasteiger partial charge >= 0.3 is 0 Å². The van der Waals surface area contributed by atoms with E-state index in [1.807, 2.05) is 6.07 Å². The van der Waals surface area contributed by atoms with E-state index in [2.05, 4.69) is 4.72 Å². The van der Waals surface area contributed by atoms with Crippen LogP contribution in [0.1, 0.15) is 11.1 Å². The Morgan fingerprint density at radius 2 is 1.64 bits per heavy atom. The number of methoxy groups -OCH3 is 2. The molecule has 8 heteroatoms. The van der Waals surface area contributed by atoms with Crippen molar-refractivity contribution in [1.82, 2.24) is 4.72 Å². The van der Waals surface area contributed by atoms with Crippen LogP contribution in [-0.4, -0.2) is 39.4 Å². The Hall–Kier alpha value is -2.45. The Bertz CT molecular complexity index is 864. The van der Waals surface area contributed by atoms with Gasteiger partial charge in [-0.1, -0.05) is 6.07 Å². The standard InChI is InChI=1S/C17H21NO6S/c1-11-8-13(19)14(20)10-17(11)25(21,22)18-7-6-12-4-5-15(23-2)16(9-12)24-3/h4-5,8-10,18-20H,6-7H2,1-3H3. The summed E-state index contributed by atoms with van der Waals surface area (Å²) in [5.41, 5.74) is 1.22. The highest BCUT2D eigenvalue weighted by molar-refractivity contribution is 7.89. The average Bonchev–Trinajstić information content (AvgIpc) is 2.57. The maximum Gasteiger partial charge on any atom is 0.240 e. The maximum absolute atomic E-state index is 12.4. The van der Waals surface area contributed by atoms with Crippen LogP contribution in [0.5, 0.6) is 23.0 Å². The lowest BCUT2D eigenvalue weighted by Crippen LogP contribution is -2.26. The molecule has 0 aliphatic heterocycles. The first-order chi connectivity index (χ1) is 11.8. The SMILES string of the molecule is COc1ccc(CCNS(=O)(=O)c2cc(O)c(O)cc2C)cc1OC. The largest absolute Gasteiger partial charge is 0.504 e. The average molecular weight is 367 g/mol. The lowest BCUT2D eigenvalue weighted by atomic mass is 10.1. The van der Waals surface area contributed by atoms with Crippen molar-refractivity contribution in [3.05, 3.63) is 41.5 Å². The molecule has 2 rings (SSSR count). The van der Waals surface area contributed by atoms with E-state index in [1.165, 1.54) is 13.2 Å². The maximum atomic E-state index is 12.4. The summed E-state index contributed by atoms with van der Waals surface area (Å²) in [4.78, 5) is -0.0740. The molecule has 3 N–H and O–H groups in total. The number of hydrogen-bond acceptors (Lipinski definition) is 6. The summed E-state index contributed by atoms with van der Waals surface area (Å²) in [6.07, 6.45) is 0.447. The third kappa shape index (κ3) is 4.34. The van der Waals surface area contributed by atoms with Crippen LogP contribution >= 0.6 is 0 Å². The molecule has 0 bridgehead atoms. The molecule has 0 saturated carbocycles. The van der Waals surface area contributed by atoms with Gasteiger partial charge in [0.15, 0.2) is 23.0 Å². The number of ether oxygens (including phenoxy) is 2. The first-order valence-corrected chi connectivity index (χ1v) is 9.00. The monoisotopic (exact) mass is 367 g/mol. The third-order valence-corrected chi connectivity index (χ3v) is 5.32. The van der Waals surface area contributed by atoms with Crippen LogP contribution in [0.15, 0.2) is 35.2 Å². The minimum atomic E-state index is -3.81. The van der Waals surface area contributed by atoms with E-state index in [-0.39, 0.29) is 17.2 Å². The molecule has 0 spiro atoms. The zero-order valence-corrected chi connectivity index (χ0v) is 15.1. The Balaban J connectivity index is 2.10. The van der Waals surface area contributed by atoms with Crippen molar-refractivity contribution in [3.63, 3.8) is 0 Å². The number of aryl methyl sites for hydroxylation is 1. The zero-order chi connectivity index (χ0) is 18.6. The minimum absolute atomic E-state index is 0.0740. The summed E-state index contributed by atoms with van der Waals surface area (Å²) in [6, 6.07) is 7.60. The number of aromatic hydroxyl groups is 2. The Kier molecular flexibility index (Phi) is 5.76. The second-order valence-electron chi connectivity index (χ2n) is 5.44. The third-order valence-electron chi connectivity index (χ3n) is 3.72. The van der Waals surface area contributed by atoms with Crippen LogP contribution in [0.25, 0.3) is 0 Å². The van der Waals surface area contributed by atoms with Crippen LogP contribution in [0, 0.1) is 6.92 Å². The number of benzene rings is 2. The number of phenolic OH excluding ortho intramolecular Hbond substituents is 2. The molecule has 25 heavy (non-hydrogen) atoms. The van der Waals surface area contributed by atoms with Gasteiger partial charge in [-0.25, -0.2) is 13.1 Å². The van der Waals surface area contributed by atoms with E-state index in [9.17, 15) is 18.6 Å². The van der Waals surface area contributed by atoms with Crippen molar-refractivity contribution < 1.29 is 28.1 Å². The predicted octanol–water partition coefficient (Wildman–Crippen LogP) is 1.94. The van der Waals surface area contributed by atoms with Gasteiger partial charge in [-0.05, 0) is 42.7 Å². The number of rotatable bonds is 7. The summed E-state index contributed by atoms with van der Waals surface area (Å²) >= 11 is 0. The number of sulfonamides is 1. The quantitative estimate of drug-likeness (QED) is 0.646. The fraction of sp³-hybridized carbons (Fsp3) is 0.294. The molecular formula is C17H21NO6S. The summed E-state index contributed by atoms with van der Waals surface area (Å²) in [7, 11) is -0.731. The van der Waals surface area contributed by atoms with E-state index in [0.29, 0.717) is 23.5 Å². The van der Waals surface area contributed by atoms with Crippen molar-refractivity contribution in [2.75, 3.05) is 20.8 Å². The fourth-order valence-electron chi connectivity index (χ4n) is 2.40. The van der Waals surface area contributed by atoms with Gasteiger partial charge in [0.05, 0.1) is 19.1 Å². The lowest BCUT2D eigenvalue weighted by molar-refractivity contribution is 0.354. The van der Waals surface area contributed by atoms with E-state index in [1.54, 1.807) is 26.2 Å². The molecule has 0 saturated heterocycles. The molecule has 0 radical (unpaired) electrons. The molecule has 136 valence electrons. The number of hydrogen-bond donors (Lipinski definition) is 3. The van der Waals surface area contributed by atoms with Crippen molar-refractivity contribution >= 4 is 10.0 Å². The molecule has 0 aliphatic carbocycles. The summed E-state index contributed by atoms with van der Waals surface area (Å²) in [5.74, 6) is 0.330. The zero-order valence-electron chi connectivity index (χ0n) is 14.2. The van der Waals surface area contributed by atoms with Crippen LogP contribution in [0.4, 0.5) is 0 Å². The summed E-state index contributed by atoms with van der Waals surface area (Å²) in [5, 5.41) is 19.0. The minimum Gasteiger partial charge on any atom is -0.504 e. The van der Waals surface area contributed by atoms with Gasteiger partial charge in [0.2, 0.25) is 10.0 Å². The van der Waals surface area contributed by atoms with Crippen LogP contribution in [0.3, 0.4) is 0 Å². The summed E-state index contributed by atoms with van der Waals surface area (Å²) in [6.45, 7) is 1.71. The first kappa shape index (κ1) is 18.9. The smallest absolute Gasteiger partial charge is 0.240 e. The molecule has 0 heterocycles. The second-order valence-corrected chi connectivity index (χ2v) is 7.18. The molecule has 0 fully saturated rings. The molecule has 0 atom stereocenters. The molecule has 0 aromatic heterocycles. The highest BCUT2D eigenvalue weighted by Crippen LogP contribution is 2.30. The highest BCUT2D eigenvalue weighted by atomic mass is 32.2. The highest BCUT2D eigenvalue weighted by Gasteiger charge is 2.19. The topological polar surface area (TPSA) is 105 Å². The molecule has 0 aliphatic rings. The molecular weight excluding hydrogens is 346 g/mol. The van der Waals surface area contributed by atoms with Crippen molar-refractivity contribution in [1.29, 1.82) is 0 Å². The van der Waals surface area contributed by atoms with E-state index in [4.69, 9.17) is 9.47 Å². The number of phenols is 2. The van der Waals surface area contributed by atoms with Crippen molar-refractivity contribution in [3.8, 4) is 23.0 Å². The van der Waals surface area contributed by atoms with Crippen molar-refractivity contribution in [2.45, 2.75) is 18.2 Å². The van der Waals surface area contributed by atoms with Gasteiger partial charge in [0.1, 0.15) is 0 Å². The van der Waals surface area contributed by atoms with E-state index < -0.39 is 15.8 Å². The second kappa shape index (κ2) is 7.62. The molecule has 0 amide bonds. The Morgan fingerprint density at radius 3 is 2.28 bits per heavy atom. The van der Waals surface area contributed by atoms with Gasteiger partial charge in [-0.2, -0.15) is 0 Å². The van der Waals surface area contributed by atoms with Crippen molar-refractivity contribution in [2.24, 2.45) is 0 Å². The first-order valence-electron chi connectivity index (χ1n) is 7.51. The van der Waals surface area contributed by atoms with Gasteiger partial charge in [-0.3, -0.25) is 0 Å². The lowest BCUT2D eigenvalue weighted by Gasteiger charge is -2.12. The number of nitrogens with one attached hydrogen (secondary N) is 1. The van der Waals surface area contributed by atoms with Crippen LogP contribution in [-0.2, 0) is 16.4 Å². The van der Waals surface area contributed by atoms with Gasteiger partial charge < -0.3 is 19.7 Å². The molecule has 7 nitrogen and oxygen atoms in total. The van der Waals surface area contributed by atoms with E-state index in [0.717, 1.165) is 11.6 Å². The van der Waals surface area contributed by atoms with Gasteiger partial charge in [0.25, 0.3) is 0 Å². The van der Waals surface area contributed by atoms with Gasteiger partial charge in [0, 0.05) is 12.6 Å². The predicted molar refractivity (Wildman–Crippen MR) is 92.9 cm³/mol. The summed E-state index contributed by atoms with van der Waals surface area (Å²) < 4.78 is 37.6. The van der Waals surface area contributed by atoms with Gasteiger partial charge in [-0.15, -0.1) is 0 Å². The van der Waals surface area contributed by atoms with E-state index >= 15 is 0 Å². The molecule has 2 aromatic carbocycles. The normalized spacial score (nSPS) is 11.3. The Morgan fingerprint density at radius 1 is 1.00 bits per heavy atom.